The van der Waals surface area contributed by atoms with Gasteiger partial charge < -0.3 is 9.80 Å². The summed E-state index contributed by atoms with van der Waals surface area (Å²) >= 11 is 0. The third-order valence-corrected chi connectivity index (χ3v) is 6.21. The summed E-state index contributed by atoms with van der Waals surface area (Å²) < 4.78 is 27.1. The van der Waals surface area contributed by atoms with Crippen LogP contribution in [0.2, 0.25) is 0 Å². The molecule has 2 aromatic carbocycles. The maximum atomic E-state index is 12.2. The number of nitrogens with zero attached hydrogens (tertiary/aromatic N) is 2. The van der Waals surface area contributed by atoms with Crippen LogP contribution in [-0.2, 0) is 16.4 Å². The number of benzene rings is 2. The van der Waals surface area contributed by atoms with Gasteiger partial charge in [0.15, 0.2) is 0 Å². The summed E-state index contributed by atoms with van der Waals surface area (Å²) in [6, 6.07) is 16.6. The van der Waals surface area contributed by atoms with E-state index in [1.807, 2.05) is 20.2 Å². The molecule has 3 rings (SSSR count). The quantitative estimate of drug-likeness (QED) is 0.710. The molecule has 1 N–H and O–H groups in total. The number of nitrogens with one attached hydrogen (secondary N) is 1. The smallest absolute Gasteiger partial charge is 0.215 e. The van der Waals surface area contributed by atoms with E-state index in [0.717, 1.165) is 24.2 Å². The van der Waals surface area contributed by atoms with Crippen molar-refractivity contribution in [3.63, 3.8) is 0 Å². The highest BCUT2D eigenvalue weighted by atomic mass is 32.2. The molecule has 0 spiro atoms. The lowest BCUT2D eigenvalue weighted by Crippen LogP contribution is -2.38. The molecule has 0 unspecified atom stereocenters. The second-order valence-corrected chi connectivity index (χ2v) is 8.84. The van der Waals surface area contributed by atoms with Crippen LogP contribution < -0.4 is 14.5 Å². The molecule has 0 amide bonds. The highest BCUT2D eigenvalue weighted by Gasteiger charge is 2.28. The standard InChI is InChI=1S/C21H27N3O2S/c1-4-15-27(25,26)22-16-21(18-9-11-19(12-10-18)23(2)3)24-14-13-17-7-5-6-8-20(17)24/h4-12,21-22H,1,13-16H2,2-3H3/t21-/m1/s1. The van der Waals surface area contributed by atoms with Gasteiger partial charge in [-0.3, -0.25) is 0 Å². The number of para-hydroxylation sites is 1. The number of sulfonamides is 1. The van der Waals surface area contributed by atoms with Crippen LogP contribution in [-0.4, -0.2) is 41.4 Å². The summed E-state index contributed by atoms with van der Waals surface area (Å²) in [6.07, 6.45) is 2.39. The fraction of sp³-hybridized carbons (Fsp3) is 0.333. The molecule has 6 heteroatoms. The zero-order chi connectivity index (χ0) is 19.4. The van der Waals surface area contributed by atoms with E-state index >= 15 is 0 Å². The van der Waals surface area contributed by atoms with Gasteiger partial charge in [0.2, 0.25) is 10.0 Å². The Hall–Kier alpha value is -2.31. The summed E-state index contributed by atoms with van der Waals surface area (Å²) in [5.74, 6) is -0.0735. The van der Waals surface area contributed by atoms with E-state index in [4.69, 9.17) is 0 Å². The van der Waals surface area contributed by atoms with Crippen molar-refractivity contribution in [2.75, 3.05) is 42.7 Å². The molecule has 0 saturated heterocycles. The largest absolute Gasteiger partial charge is 0.378 e. The molecule has 144 valence electrons. The van der Waals surface area contributed by atoms with Crippen molar-refractivity contribution in [2.24, 2.45) is 0 Å². The highest BCUT2D eigenvalue weighted by molar-refractivity contribution is 7.89. The van der Waals surface area contributed by atoms with Crippen molar-refractivity contribution in [3.8, 4) is 0 Å². The van der Waals surface area contributed by atoms with E-state index < -0.39 is 10.0 Å². The molecule has 0 aliphatic carbocycles. The van der Waals surface area contributed by atoms with Crippen LogP contribution in [0, 0.1) is 0 Å². The van der Waals surface area contributed by atoms with Crippen LogP contribution in [0.5, 0.6) is 0 Å². The predicted molar refractivity (Wildman–Crippen MR) is 113 cm³/mol. The average Bonchev–Trinajstić information content (AvgIpc) is 3.06. The first-order valence-corrected chi connectivity index (χ1v) is 10.8. The lowest BCUT2D eigenvalue weighted by Gasteiger charge is -2.31. The molecule has 0 fully saturated rings. The van der Waals surface area contributed by atoms with Crippen LogP contribution in [0.1, 0.15) is 17.2 Å². The SMILES string of the molecule is C=CCS(=O)(=O)NC[C@H](c1ccc(N(C)C)cc1)N1CCc2ccccc21. The van der Waals surface area contributed by atoms with Gasteiger partial charge in [0, 0.05) is 38.6 Å². The Labute approximate surface area is 162 Å². The molecule has 27 heavy (non-hydrogen) atoms. The fourth-order valence-electron chi connectivity index (χ4n) is 3.51. The minimum atomic E-state index is -3.37. The van der Waals surface area contributed by atoms with Crippen molar-refractivity contribution >= 4 is 21.4 Å². The van der Waals surface area contributed by atoms with Gasteiger partial charge in [-0.15, -0.1) is 6.58 Å². The van der Waals surface area contributed by atoms with Crippen molar-refractivity contribution in [2.45, 2.75) is 12.5 Å². The van der Waals surface area contributed by atoms with Crippen molar-refractivity contribution in [1.82, 2.24) is 4.72 Å². The van der Waals surface area contributed by atoms with E-state index in [-0.39, 0.29) is 11.8 Å². The van der Waals surface area contributed by atoms with E-state index in [0.29, 0.717) is 6.54 Å². The van der Waals surface area contributed by atoms with Crippen LogP contribution in [0.3, 0.4) is 0 Å². The molecule has 1 atom stereocenters. The maximum Gasteiger partial charge on any atom is 0.215 e. The Morgan fingerprint density at radius 1 is 1.19 bits per heavy atom. The summed E-state index contributed by atoms with van der Waals surface area (Å²) in [5.41, 5.74) is 4.70. The lowest BCUT2D eigenvalue weighted by atomic mass is 10.0. The van der Waals surface area contributed by atoms with Gasteiger partial charge in [-0.2, -0.15) is 0 Å². The molecule has 2 aromatic rings. The minimum absolute atomic E-state index is 0.0653. The molecule has 0 aromatic heterocycles. The zero-order valence-electron chi connectivity index (χ0n) is 15.9. The number of anilines is 2. The van der Waals surface area contributed by atoms with Gasteiger partial charge >= 0.3 is 0 Å². The van der Waals surface area contributed by atoms with Gasteiger partial charge in [0.05, 0.1) is 11.8 Å². The Morgan fingerprint density at radius 3 is 2.56 bits per heavy atom. The molecular weight excluding hydrogens is 358 g/mol. The van der Waals surface area contributed by atoms with Gasteiger partial charge in [0.25, 0.3) is 0 Å². The zero-order valence-corrected chi connectivity index (χ0v) is 16.7. The molecule has 1 heterocycles. The minimum Gasteiger partial charge on any atom is -0.378 e. The summed E-state index contributed by atoms with van der Waals surface area (Å²) in [7, 11) is 0.647. The first-order chi connectivity index (χ1) is 12.9. The maximum absolute atomic E-state index is 12.2. The van der Waals surface area contributed by atoms with Crippen LogP contribution in [0.4, 0.5) is 11.4 Å². The van der Waals surface area contributed by atoms with Crippen LogP contribution in [0.25, 0.3) is 0 Å². The molecular formula is C21H27N3O2S. The second kappa shape index (κ2) is 8.15. The molecule has 0 saturated carbocycles. The first-order valence-electron chi connectivity index (χ1n) is 9.11. The summed E-state index contributed by atoms with van der Waals surface area (Å²) in [4.78, 5) is 4.35. The number of rotatable bonds is 8. The average molecular weight is 386 g/mol. The molecule has 5 nitrogen and oxygen atoms in total. The Morgan fingerprint density at radius 2 is 1.89 bits per heavy atom. The highest BCUT2D eigenvalue weighted by Crippen LogP contribution is 2.35. The van der Waals surface area contributed by atoms with Crippen molar-refractivity contribution in [3.05, 3.63) is 72.3 Å². The predicted octanol–water partition coefficient (Wildman–Crippen LogP) is 2.96. The molecule has 1 aliphatic heterocycles. The number of hydrogen-bond donors (Lipinski definition) is 1. The van der Waals surface area contributed by atoms with Gasteiger partial charge in [0.1, 0.15) is 0 Å². The fourth-order valence-corrected chi connectivity index (χ4v) is 4.35. The summed E-state index contributed by atoms with van der Waals surface area (Å²) in [6.45, 7) is 4.73. The third kappa shape index (κ3) is 4.51. The molecule has 0 bridgehead atoms. The normalized spacial score (nSPS) is 14.7. The van der Waals surface area contributed by atoms with Crippen LogP contribution in [0.15, 0.2) is 61.2 Å². The van der Waals surface area contributed by atoms with Crippen molar-refractivity contribution in [1.29, 1.82) is 0 Å². The second-order valence-electron chi connectivity index (χ2n) is 6.99. The molecule has 0 radical (unpaired) electrons. The number of hydrogen-bond acceptors (Lipinski definition) is 4. The first kappa shape index (κ1) is 19.5. The van der Waals surface area contributed by atoms with E-state index in [2.05, 4.69) is 63.6 Å². The van der Waals surface area contributed by atoms with Crippen molar-refractivity contribution < 1.29 is 8.42 Å². The van der Waals surface area contributed by atoms with Gasteiger partial charge in [-0.05, 0) is 35.7 Å². The monoisotopic (exact) mass is 385 g/mol. The third-order valence-electron chi connectivity index (χ3n) is 4.93. The van der Waals surface area contributed by atoms with E-state index in [9.17, 15) is 8.42 Å². The van der Waals surface area contributed by atoms with E-state index in [1.165, 1.54) is 17.3 Å². The molecule has 1 aliphatic rings. The number of fused-ring (bicyclic) bond motifs is 1. The topological polar surface area (TPSA) is 52.7 Å². The lowest BCUT2D eigenvalue weighted by molar-refractivity contribution is 0.565. The van der Waals surface area contributed by atoms with Gasteiger partial charge in [-0.1, -0.05) is 36.4 Å². The summed E-state index contributed by atoms with van der Waals surface area (Å²) in [5, 5.41) is 0. The van der Waals surface area contributed by atoms with Gasteiger partial charge in [-0.25, -0.2) is 13.1 Å². The Kier molecular flexibility index (Phi) is 5.87. The van der Waals surface area contributed by atoms with Crippen LogP contribution >= 0.6 is 0 Å². The Balaban J connectivity index is 1.91. The van der Waals surface area contributed by atoms with E-state index in [1.54, 1.807) is 0 Å². The Bertz CT molecular complexity index is 892.